The van der Waals surface area contributed by atoms with Gasteiger partial charge in [-0.15, -0.1) is 0 Å². The highest BCUT2D eigenvalue weighted by molar-refractivity contribution is 5.21. The average Bonchev–Trinajstić information content (AvgIpc) is 2.65. The molecule has 4 heteroatoms. The fourth-order valence-electron chi connectivity index (χ4n) is 3.36. The minimum absolute atomic E-state index is 0.420. The van der Waals surface area contributed by atoms with Crippen molar-refractivity contribution >= 4 is 0 Å². The summed E-state index contributed by atoms with van der Waals surface area (Å²) in [5.41, 5.74) is 0.994. The SMILES string of the molecule is C[C@H]1CN(CCOc2ccccc2)CCN1C[C@H](O)c1ccccc1. The van der Waals surface area contributed by atoms with Crippen molar-refractivity contribution in [1.29, 1.82) is 0 Å². The van der Waals surface area contributed by atoms with E-state index in [0.717, 1.165) is 37.5 Å². The molecule has 2 aromatic rings. The number of ether oxygens (including phenoxy) is 1. The number of para-hydroxylation sites is 1. The van der Waals surface area contributed by atoms with Crippen LogP contribution >= 0.6 is 0 Å². The van der Waals surface area contributed by atoms with Gasteiger partial charge in [-0.05, 0) is 24.6 Å². The van der Waals surface area contributed by atoms with E-state index in [1.165, 1.54) is 0 Å². The lowest BCUT2D eigenvalue weighted by molar-refractivity contribution is 0.0347. The Balaban J connectivity index is 1.41. The first-order chi connectivity index (χ1) is 12.2. The molecule has 0 bridgehead atoms. The second kappa shape index (κ2) is 8.99. The standard InChI is InChI=1S/C21H28N2O2/c1-18-16-22(14-15-25-20-10-6-3-7-11-20)12-13-23(18)17-21(24)19-8-4-2-5-9-19/h2-11,18,21,24H,12-17H2,1H3/t18-,21-/m0/s1. The molecule has 2 atom stereocenters. The molecule has 3 rings (SSSR count). The number of aliphatic hydroxyl groups excluding tert-OH is 1. The quantitative estimate of drug-likeness (QED) is 0.841. The third-order valence-corrected chi connectivity index (χ3v) is 4.86. The van der Waals surface area contributed by atoms with E-state index in [-0.39, 0.29) is 0 Å². The third kappa shape index (κ3) is 5.30. The van der Waals surface area contributed by atoms with Crippen LogP contribution in [-0.2, 0) is 0 Å². The summed E-state index contributed by atoms with van der Waals surface area (Å²) in [4.78, 5) is 4.82. The molecule has 1 saturated heterocycles. The lowest BCUT2D eigenvalue weighted by atomic mass is 10.1. The van der Waals surface area contributed by atoms with Crippen LogP contribution in [0.2, 0.25) is 0 Å². The molecule has 134 valence electrons. The molecule has 4 nitrogen and oxygen atoms in total. The predicted molar refractivity (Wildman–Crippen MR) is 101 cm³/mol. The molecule has 2 aromatic carbocycles. The summed E-state index contributed by atoms with van der Waals surface area (Å²) in [6, 6.07) is 20.3. The topological polar surface area (TPSA) is 35.9 Å². The molecule has 1 N–H and O–H groups in total. The van der Waals surface area contributed by atoms with Crippen molar-refractivity contribution in [3.63, 3.8) is 0 Å². The Kier molecular flexibility index (Phi) is 6.45. The highest BCUT2D eigenvalue weighted by Gasteiger charge is 2.25. The van der Waals surface area contributed by atoms with Crippen LogP contribution < -0.4 is 4.74 Å². The van der Waals surface area contributed by atoms with Gasteiger partial charge in [0.1, 0.15) is 12.4 Å². The molecule has 25 heavy (non-hydrogen) atoms. The monoisotopic (exact) mass is 340 g/mol. The zero-order chi connectivity index (χ0) is 17.5. The molecule has 1 aliphatic heterocycles. The fraction of sp³-hybridized carbons (Fsp3) is 0.429. The van der Waals surface area contributed by atoms with E-state index in [4.69, 9.17) is 4.74 Å². The van der Waals surface area contributed by atoms with Crippen molar-refractivity contribution in [2.75, 3.05) is 39.3 Å². The van der Waals surface area contributed by atoms with E-state index in [1.807, 2.05) is 60.7 Å². The molecule has 1 heterocycles. The van der Waals surface area contributed by atoms with Crippen molar-refractivity contribution < 1.29 is 9.84 Å². The molecule has 1 aliphatic rings. The van der Waals surface area contributed by atoms with E-state index in [1.54, 1.807) is 0 Å². The summed E-state index contributed by atoms with van der Waals surface area (Å²) in [7, 11) is 0. The second-order valence-electron chi connectivity index (χ2n) is 6.73. The fourth-order valence-corrected chi connectivity index (χ4v) is 3.36. The first-order valence-corrected chi connectivity index (χ1v) is 9.09. The van der Waals surface area contributed by atoms with Gasteiger partial charge in [0.15, 0.2) is 0 Å². The Morgan fingerprint density at radius 1 is 1.04 bits per heavy atom. The smallest absolute Gasteiger partial charge is 0.119 e. The van der Waals surface area contributed by atoms with Crippen LogP contribution in [0.4, 0.5) is 0 Å². The van der Waals surface area contributed by atoms with Gasteiger partial charge < -0.3 is 9.84 Å². The van der Waals surface area contributed by atoms with Crippen molar-refractivity contribution in [3.8, 4) is 5.75 Å². The summed E-state index contributed by atoms with van der Waals surface area (Å²) in [6.45, 7) is 7.60. The molecule has 0 amide bonds. The van der Waals surface area contributed by atoms with Gasteiger partial charge in [0.05, 0.1) is 6.10 Å². The molecule has 0 unspecified atom stereocenters. The van der Waals surface area contributed by atoms with Gasteiger partial charge in [-0.3, -0.25) is 9.80 Å². The maximum Gasteiger partial charge on any atom is 0.119 e. The number of hydrogen-bond donors (Lipinski definition) is 1. The first-order valence-electron chi connectivity index (χ1n) is 9.09. The van der Waals surface area contributed by atoms with E-state index in [9.17, 15) is 5.11 Å². The summed E-state index contributed by atoms with van der Waals surface area (Å²) in [5, 5.41) is 10.4. The molecule has 1 fully saturated rings. The highest BCUT2D eigenvalue weighted by atomic mass is 16.5. The lowest BCUT2D eigenvalue weighted by Gasteiger charge is -2.40. The van der Waals surface area contributed by atoms with E-state index in [0.29, 0.717) is 19.2 Å². The number of hydrogen-bond acceptors (Lipinski definition) is 4. The maximum atomic E-state index is 10.4. The highest BCUT2D eigenvalue weighted by Crippen LogP contribution is 2.18. The zero-order valence-electron chi connectivity index (χ0n) is 14.9. The van der Waals surface area contributed by atoms with Gasteiger partial charge in [-0.25, -0.2) is 0 Å². The van der Waals surface area contributed by atoms with E-state index in [2.05, 4.69) is 16.7 Å². The van der Waals surface area contributed by atoms with Crippen LogP contribution in [-0.4, -0.2) is 60.3 Å². The van der Waals surface area contributed by atoms with Crippen LogP contribution in [0.1, 0.15) is 18.6 Å². The molecular formula is C21H28N2O2. The number of piperazine rings is 1. The van der Waals surface area contributed by atoms with Gasteiger partial charge in [0.2, 0.25) is 0 Å². The van der Waals surface area contributed by atoms with Crippen molar-refractivity contribution in [3.05, 3.63) is 66.2 Å². The number of aliphatic hydroxyl groups is 1. The Morgan fingerprint density at radius 3 is 2.40 bits per heavy atom. The van der Waals surface area contributed by atoms with Crippen LogP contribution in [0.3, 0.4) is 0 Å². The van der Waals surface area contributed by atoms with Crippen LogP contribution in [0.5, 0.6) is 5.75 Å². The summed E-state index contributed by atoms with van der Waals surface area (Å²) in [5.74, 6) is 0.931. The summed E-state index contributed by atoms with van der Waals surface area (Å²) in [6.07, 6.45) is -0.420. The molecule has 0 spiro atoms. The lowest BCUT2D eigenvalue weighted by Crippen LogP contribution is -2.53. The number of rotatable bonds is 7. The van der Waals surface area contributed by atoms with E-state index >= 15 is 0 Å². The predicted octanol–water partition coefficient (Wildman–Crippen LogP) is 2.81. The normalized spacial score (nSPS) is 20.3. The first kappa shape index (κ1) is 17.9. The zero-order valence-corrected chi connectivity index (χ0v) is 14.9. The maximum absolute atomic E-state index is 10.4. The minimum atomic E-state index is -0.420. The van der Waals surface area contributed by atoms with Crippen LogP contribution in [0.25, 0.3) is 0 Å². The summed E-state index contributed by atoms with van der Waals surface area (Å²) < 4.78 is 5.80. The van der Waals surface area contributed by atoms with Crippen LogP contribution in [0, 0.1) is 0 Å². The van der Waals surface area contributed by atoms with Gasteiger partial charge in [-0.2, -0.15) is 0 Å². The second-order valence-corrected chi connectivity index (χ2v) is 6.73. The van der Waals surface area contributed by atoms with Gasteiger partial charge in [0, 0.05) is 38.8 Å². The molecule has 0 saturated carbocycles. The molecule has 0 radical (unpaired) electrons. The van der Waals surface area contributed by atoms with Crippen molar-refractivity contribution in [2.24, 2.45) is 0 Å². The largest absolute Gasteiger partial charge is 0.492 e. The Labute approximate surface area is 150 Å². The van der Waals surface area contributed by atoms with Crippen molar-refractivity contribution in [1.82, 2.24) is 9.80 Å². The molecular weight excluding hydrogens is 312 g/mol. The minimum Gasteiger partial charge on any atom is -0.492 e. The van der Waals surface area contributed by atoms with Crippen molar-refractivity contribution in [2.45, 2.75) is 19.1 Å². The van der Waals surface area contributed by atoms with Crippen LogP contribution in [0.15, 0.2) is 60.7 Å². The van der Waals surface area contributed by atoms with Gasteiger partial charge in [0.25, 0.3) is 0 Å². The number of nitrogens with zero attached hydrogens (tertiary/aromatic N) is 2. The van der Waals surface area contributed by atoms with E-state index < -0.39 is 6.10 Å². The van der Waals surface area contributed by atoms with Gasteiger partial charge in [-0.1, -0.05) is 48.5 Å². The molecule has 0 aromatic heterocycles. The average molecular weight is 340 g/mol. The third-order valence-electron chi connectivity index (χ3n) is 4.86. The number of β-amino-alcohol motifs (C(OH)–C–C–N with tert-alkyl or cyclic N) is 1. The number of benzene rings is 2. The Bertz CT molecular complexity index is 620. The Morgan fingerprint density at radius 2 is 1.72 bits per heavy atom. The van der Waals surface area contributed by atoms with Gasteiger partial charge >= 0.3 is 0 Å². The summed E-state index contributed by atoms with van der Waals surface area (Å²) >= 11 is 0. The molecule has 0 aliphatic carbocycles. The Hall–Kier alpha value is -1.88.